The normalized spacial score (nSPS) is 13.0. The Bertz CT molecular complexity index is 761. The second-order valence-corrected chi connectivity index (χ2v) is 5.87. The minimum Gasteiger partial charge on any atom is -0.478 e. The minimum atomic E-state index is -4.03. The number of hydrogen-bond acceptors (Lipinski definition) is 5. The van der Waals surface area contributed by atoms with Crippen molar-refractivity contribution in [3.05, 3.63) is 41.7 Å². The molecule has 2 aromatic rings. The van der Waals surface area contributed by atoms with Gasteiger partial charge in [0.05, 0.1) is 16.5 Å². The van der Waals surface area contributed by atoms with Gasteiger partial charge in [0, 0.05) is 0 Å². The van der Waals surface area contributed by atoms with Crippen LogP contribution in [0.2, 0.25) is 0 Å². The molecule has 0 radical (unpaired) electrons. The van der Waals surface area contributed by atoms with Gasteiger partial charge in [-0.2, -0.15) is 5.10 Å². The van der Waals surface area contributed by atoms with Crippen LogP contribution in [-0.4, -0.2) is 34.7 Å². The molecule has 3 N–H and O–H groups in total. The van der Waals surface area contributed by atoms with Crippen molar-refractivity contribution in [3.63, 3.8) is 0 Å². The molecule has 1 aromatic carbocycles. The van der Waals surface area contributed by atoms with E-state index in [1.54, 1.807) is 0 Å². The molecule has 0 saturated heterocycles. The summed E-state index contributed by atoms with van der Waals surface area (Å²) in [6, 6.07) is 1.82. The van der Waals surface area contributed by atoms with Crippen LogP contribution in [0, 0.1) is 5.82 Å². The third kappa shape index (κ3) is 3.23. The number of aromatic amines is 1. The molecular formula is C11H11FN4O4S. The Labute approximate surface area is 119 Å². The first-order chi connectivity index (χ1) is 9.81. The molecule has 0 amide bonds. The molecular weight excluding hydrogens is 303 g/mol. The molecule has 1 atom stereocenters. The lowest BCUT2D eigenvalue weighted by molar-refractivity contribution is 0.0691. The number of aromatic nitrogens is 3. The van der Waals surface area contributed by atoms with Crippen molar-refractivity contribution in [2.75, 3.05) is 0 Å². The highest BCUT2D eigenvalue weighted by atomic mass is 32.2. The fourth-order valence-electron chi connectivity index (χ4n) is 1.62. The molecule has 0 aliphatic carbocycles. The molecule has 1 heterocycles. The van der Waals surface area contributed by atoms with Crippen molar-refractivity contribution in [2.45, 2.75) is 17.9 Å². The smallest absolute Gasteiger partial charge is 0.338 e. The second kappa shape index (κ2) is 5.58. The molecule has 0 bridgehead atoms. The maximum atomic E-state index is 13.3. The quantitative estimate of drug-likeness (QED) is 0.745. The number of nitrogens with zero attached hydrogens (tertiary/aromatic N) is 2. The summed E-state index contributed by atoms with van der Waals surface area (Å²) in [6.07, 6.45) is 1.22. The average molecular weight is 314 g/mol. The van der Waals surface area contributed by atoms with Crippen molar-refractivity contribution >= 4 is 16.0 Å². The first-order valence-electron chi connectivity index (χ1n) is 5.71. The number of hydrogen-bond donors (Lipinski definition) is 3. The summed E-state index contributed by atoms with van der Waals surface area (Å²) in [5.41, 5.74) is -0.717. The fraction of sp³-hybridized carbons (Fsp3) is 0.182. The predicted molar refractivity (Wildman–Crippen MR) is 68.5 cm³/mol. The van der Waals surface area contributed by atoms with Gasteiger partial charge in [-0.25, -0.2) is 27.3 Å². The van der Waals surface area contributed by atoms with E-state index in [1.165, 1.54) is 13.3 Å². The first kappa shape index (κ1) is 15.1. The molecule has 2 rings (SSSR count). The van der Waals surface area contributed by atoms with Gasteiger partial charge < -0.3 is 5.11 Å². The molecule has 0 aliphatic rings. The van der Waals surface area contributed by atoms with Gasteiger partial charge in [0.25, 0.3) is 0 Å². The van der Waals surface area contributed by atoms with Crippen LogP contribution >= 0.6 is 0 Å². The molecule has 1 unspecified atom stereocenters. The second-order valence-electron chi connectivity index (χ2n) is 4.16. The van der Waals surface area contributed by atoms with E-state index >= 15 is 0 Å². The Morgan fingerprint density at radius 3 is 2.76 bits per heavy atom. The van der Waals surface area contributed by atoms with Crippen LogP contribution in [0.1, 0.15) is 29.1 Å². The maximum absolute atomic E-state index is 13.3. The standard InChI is InChI=1S/C11H11FN4O4S/c1-6(10-13-5-14-15-10)16-21(19,20)7-2-3-9(12)8(4-7)11(17)18/h2-6,16H,1H3,(H,17,18)(H,13,14,15). The number of sulfonamides is 1. The number of carboxylic acid groups (broad SMARTS) is 1. The van der Waals surface area contributed by atoms with E-state index in [0.717, 1.165) is 18.2 Å². The van der Waals surface area contributed by atoms with Gasteiger partial charge in [-0.05, 0) is 25.1 Å². The van der Waals surface area contributed by atoms with E-state index in [9.17, 15) is 17.6 Å². The van der Waals surface area contributed by atoms with E-state index in [4.69, 9.17) is 5.11 Å². The lowest BCUT2D eigenvalue weighted by Gasteiger charge is -2.12. The van der Waals surface area contributed by atoms with E-state index < -0.39 is 33.4 Å². The topological polar surface area (TPSA) is 125 Å². The Balaban J connectivity index is 2.32. The molecule has 0 aliphatic heterocycles. The van der Waals surface area contributed by atoms with Crippen molar-refractivity contribution in [1.29, 1.82) is 0 Å². The SMILES string of the molecule is CC(NS(=O)(=O)c1ccc(F)c(C(=O)O)c1)c1ncn[nH]1. The molecule has 21 heavy (non-hydrogen) atoms. The third-order valence-corrected chi connectivity index (χ3v) is 4.19. The summed E-state index contributed by atoms with van der Waals surface area (Å²) in [7, 11) is -4.03. The Morgan fingerprint density at radius 1 is 1.48 bits per heavy atom. The highest BCUT2D eigenvalue weighted by Crippen LogP contribution is 2.17. The summed E-state index contributed by atoms with van der Waals surface area (Å²) >= 11 is 0. The van der Waals surface area contributed by atoms with E-state index in [0.29, 0.717) is 5.82 Å². The summed E-state index contributed by atoms with van der Waals surface area (Å²) in [5, 5.41) is 14.9. The van der Waals surface area contributed by atoms with Crippen LogP contribution in [0.4, 0.5) is 4.39 Å². The molecule has 0 fully saturated rings. The van der Waals surface area contributed by atoms with Crippen molar-refractivity contribution in [3.8, 4) is 0 Å². The van der Waals surface area contributed by atoms with Crippen LogP contribution < -0.4 is 4.72 Å². The van der Waals surface area contributed by atoms with Gasteiger partial charge in [0.1, 0.15) is 18.0 Å². The van der Waals surface area contributed by atoms with Crippen LogP contribution in [0.25, 0.3) is 0 Å². The Morgan fingerprint density at radius 2 is 2.19 bits per heavy atom. The summed E-state index contributed by atoms with van der Waals surface area (Å²) in [6.45, 7) is 1.53. The highest BCUT2D eigenvalue weighted by molar-refractivity contribution is 7.89. The van der Waals surface area contributed by atoms with E-state index in [-0.39, 0.29) is 4.90 Å². The molecule has 0 saturated carbocycles. The average Bonchev–Trinajstić information content (AvgIpc) is 2.92. The third-order valence-electron chi connectivity index (χ3n) is 2.65. The van der Waals surface area contributed by atoms with Gasteiger partial charge in [-0.3, -0.25) is 5.10 Å². The number of carboxylic acids is 1. The largest absolute Gasteiger partial charge is 0.478 e. The van der Waals surface area contributed by atoms with Crippen LogP contribution in [0.15, 0.2) is 29.4 Å². The number of H-pyrrole nitrogens is 1. The molecule has 1 aromatic heterocycles. The van der Waals surface area contributed by atoms with Crippen molar-refractivity contribution in [2.24, 2.45) is 0 Å². The Kier molecular flexibility index (Phi) is 4.00. The van der Waals surface area contributed by atoms with Crippen molar-refractivity contribution < 1.29 is 22.7 Å². The van der Waals surface area contributed by atoms with E-state index in [2.05, 4.69) is 19.9 Å². The monoisotopic (exact) mass is 314 g/mol. The van der Waals surface area contributed by atoms with Gasteiger partial charge in [0.2, 0.25) is 10.0 Å². The van der Waals surface area contributed by atoms with Gasteiger partial charge in [-0.15, -0.1) is 0 Å². The summed E-state index contributed by atoms with van der Waals surface area (Å²) < 4.78 is 39.8. The summed E-state index contributed by atoms with van der Waals surface area (Å²) in [5.74, 6) is -2.27. The fourth-order valence-corrected chi connectivity index (χ4v) is 2.85. The van der Waals surface area contributed by atoms with E-state index in [1.807, 2.05) is 0 Å². The predicted octanol–water partition coefficient (Wildman–Crippen LogP) is 0.681. The molecule has 112 valence electrons. The zero-order chi connectivity index (χ0) is 15.6. The zero-order valence-electron chi connectivity index (χ0n) is 10.7. The number of halogens is 1. The van der Waals surface area contributed by atoms with Gasteiger partial charge >= 0.3 is 5.97 Å². The van der Waals surface area contributed by atoms with Crippen molar-refractivity contribution in [1.82, 2.24) is 19.9 Å². The highest BCUT2D eigenvalue weighted by Gasteiger charge is 2.22. The minimum absolute atomic E-state index is 0.291. The number of rotatable bonds is 5. The summed E-state index contributed by atoms with van der Waals surface area (Å²) in [4.78, 5) is 14.3. The lowest BCUT2D eigenvalue weighted by atomic mass is 10.2. The number of carbonyl (C=O) groups is 1. The number of benzene rings is 1. The molecule has 8 nitrogen and oxygen atoms in total. The molecule has 0 spiro atoms. The van der Waals surface area contributed by atoms with Crippen LogP contribution in [0.5, 0.6) is 0 Å². The lowest BCUT2D eigenvalue weighted by Crippen LogP contribution is -2.28. The zero-order valence-corrected chi connectivity index (χ0v) is 11.6. The molecule has 10 heteroatoms. The Hall–Kier alpha value is -2.33. The first-order valence-corrected chi connectivity index (χ1v) is 7.20. The van der Waals surface area contributed by atoms with Gasteiger partial charge in [0.15, 0.2) is 0 Å². The van der Waals surface area contributed by atoms with Gasteiger partial charge in [-0.1, -0.05) is 0 Å². The van der Waals surface area contributed by atoms with Crippen LogP contribution in [0.3, 0.4) is 0 Å². The number of nitrogens with one attached hydrogen (secondary N) is 2. The maximum Gasteiger partial charge on any atom is 0.338 e. The van der Waals surface area contributed by atoms with Crippen LogP contribution in [-0.2, 0) is 10.0 Å². The number of aromatic carboxylic acids is 1.